The molecule has 24 heavy (non-hydrogen) atoms. The van der Waals surface area contributed by atoms with Crippen LogP contribution in [0.3, 0.4) is 0 Å². The Labute approximate surface area is 142 Å². The van der Waals surface area contributed by atoms with Crippen molar-refractivity contribution >= 4 is 5.96 Å². The molecule has 0 saturated carbocycles. The van der Waals surface area contributed by atoms with E-state index in [4.69, 9.17) is 9.05 Å². The molecule has 0 aliphatic rings. The summed E-state index contributed by atoms with van der Waals surface area (Å²) in [5.74, 6) is 2.82. The summed E-state index contributed by atoms with van der Waals surface area (Å²) < 4.78 is 10.5. The maximum absolute atomic E-state index is 5.31. The molecule has 2 heterocycles. The summed E-state index contributed by atoms with van der Waals surface area (Å²) in [6.45, 7) is 9.48. The third-order valence-corrected chi connectivity index (χ3v) is 3.90. The van der Waals surface area contributed by atoms with Crippen LogP contribution in [0.4, 0.5) is 0 Å². The summed E-state index contributed by atoms with van der Waals surface area (Å²) in [5.41, 5.74) is 3.14. The first-order valence-electron chi connectivity index (χ1n) is 8.33. The van der Waals surface area contributed by atoms with Crippen LogP contribution in [0.5, 0.6) is 0 Å². The quantitative estimate of drug-likeness (QED) is 0.460. The van der Waals surface area contributed by atoms with Crippen LogP contribution >= 0.6 is 0 Å². The molecule has 0 bridgehead atoms. The molecule has 7 nitrogen and oxygen atoms in total. The molecule has 0 aliphatic heterocycles. The Morgan fingerprint density at radius 3 is 2.58 bits per heavy atom. The van der Waals surface area contributed by atoms with Crippen molar-refractivity contribution in [2.45, 2.75) is 53.0 Å². The SMILES string of the molecule is CN=C(NCCCc1c(C)noc1C)NCc1cc(C(C)C)no1. The molecule has 0 saturated heterocycles. The predicted molar refractivity (Wildman–Crippen MR) is 93.1 cm³/mol. The van der Waals surface area contributed by atoms with Gasteiger partial charge in [-0.05, 0) is 32.6 Å². The van der Waals surface area contributed by atoms with Gasteiger partial charge in [-0.1, -0.05) is 24.2 Å². The fourth-order valence-electron chi connectivity index (χ4n) is 2.41. The average molecular weight is 333 g/mol. The van der Waals surface area contributed by atoms with Gasteiger partial charge in [0.2, 0.25) is 0 Å². The lowest BCUT2D eigenvalue weighted by Gasteiger charge is -2.10. The van der Waals surface area contributed by atoms with Gasteiger partial charge in [0.15, 0.2) is 11.7 Å². The maximum Gasteiger partial charge on any atom is 0.191 e. The van der Waals surface area contributed by atoms with E-state index in [-0.39, 0.29) is 0 Å². The van der Waals surface area contributed by atoms with E-state index < -0.39 is 0 Å². The van der Waals surface area contributed by atoms with Crippen LogP contribution in [0, 0.1) is 13.8 Å². The Bertz CT molecular complexity index is 653. The number of nitrogens with one attached hydrogen (secondary N) is 2. The van der Waals surface area contributed by atoms with E-state index in [2.05, 4.69) is 39.8 Å². The number of hydrogen-bond donors (Lipinski definition) is 2. The fourth-order valence-corrected chi connectivity index (χ4v) is 2.41. The van der Waals surface area contributed by atoms with E-state index in [0.29, 0.717) is 12.5 Å². The summed E-state index contributed by atoms with van der Waals surface area (Å²) in [4.78, 5) is 4.22. The number of aryl methyl sites for hydroxylation is 2. The van der Waals surface area contributed by atoms with Crippen LogP contribution in [-0.4, -0.2) is 29.9 Å². The van der Waals surface area contributed by atoms with Gasteiger partial charge in [-0.2, -0.15) is 0 Å². The fraction of sp³-hybridized carbons (Fsp3) is 0.588. The minimum atomic E-state index is 0.365. The Kier molecular flexibility index (Phi) is 6.40. The van der Waals surface area contributed by atoms with E-state index >= 15 is 0 Å². The molecule has 132 valence electrons. The van der Waals surface area contributed by atoms with Gasteiger partial charge in [0, 0.05) is 25.2 Å². The topological polar surface area (TPSA) is 88.5 Å². The second-order valence-electron chi connectivity index (χ2n) is 6.13. The summed E-state index contributed by atoms with van der Waals surface area (Å²) >= 11 is 0. The van der Waals surface area contributed by atoms with Gasteiger partial charge in [0.05, 0.1) is 17.9 Å². The summed E-state index contributed by atoms with van der Waals surface area (Å²) in [5, 5.41) is 14.6. The molecular weight excluding hydrogens is 306 g/mol. The zero-order valence-corrected chi connectivity index (χ0v) is 15.1. The van der Waals surface area contributed by atoms with Crippen molar-refractivity contribution in [2.24, 2.45) is 4.99 Å². The summed E-state index contributed by atoms with van der Waals surface area (Å²) in [6, 6.07) is 1.97. The molecule has 0 amide bonds. The third-order valence-electron chi connectivity index (χ3n) is 3.90. The van der Waals surface area contributed by atoms with Crippen LogP contribution in [0.1, 0.15) is 54.7 Å². The second kappa shape index (κ2) is 8.52. The first-order valence-corrected chi connectivity index (χ1v) is 8.33. The largest absolute Gasteiger partial charge is 0.361 e. The van der Waals surface area contributed by atoms with E-state index in [1.807, 2.05) is 19.9 Å². The molecule has 0 atom stereocenters. The Hall–Kier alpha value is -2.31. The van der Waals surface area contributed by atoms with E-state index in [1.165, 1.54) is 5.56 Å². The molecule has 0 aromatic carbocycles. The lowest BCUT2D eigenvalue weighted by atomic mass is 10.1. The molecule has 7 heteroatoms. The van der Waals surface area contributed by atoms with Crippen molar-refractivity contribution in [3.05, 3.63) is 34.5 Å². The zero-order chi connectivity index (χ0) is 17.5. The molecule has 2 rings (SSSR count). The summed E-state index contributed by atoms with van der Waals surface area (Å²) in [6.07, 6.45) is 1.91. The minimum Gasteiger partial charge on any atom is -0.361 e. The molecule has 0 unspecified atom stereocenters. The lowest BCUT2D eigenvalue weighted by molar-refractivity contribution is 0.372. The number of nitrogens with zero attached hydrogens (tertiary/aromatic N) is 3. The van der Waals surface area contributed by atoms with Crippen LogP contribution in [0.15, 0.2) is 20.1 Å². The van der Waals surface area contributed by atoms with Gasteiger partial charge >= 0.3 is 0 Å². The van der Waals surface area contributed by atoms with Gasteiger partial charge in [0.1, 0.15) is 5.76 Å². The molecule has 2 N–H and O–H groups in total. The van der Waals surface area contributed by atoms with Crippen LogP contribution in [-0.2, 0) is 13.0 Å². The highest BCUT2D eigenvalue weighted by molar-refractivity contribution is 5.79. The van der Waals surface area contributed by atoms with Gasteiger partial charge in [-0.15, -0.1) is 0 Å². The molecule has 0 aliphatic carbocycles. The van der Waals surface area contributed by atoms with Gasteiger partial charge in [-0.25, -0.2) is 0 Å². The first kappa shape index (κ1) is 18.0. The minimum absolute atomic E-state index is 0.365. The highest BCUT2D eigenvalue weighted by Crippen LogP contribution is 2.14. The third kappa shape index (κ3) is 4.84. The van der Waals surface area contributed by atoms with Gasteiger partial charge < -0.3 is 19.7 Å². The molecule has 2 aromatic rings. The highest BCUT2D eigenvalue weighted by atomic mass is 16.5. The molecule has 0 fully saturated rings. The van der Waals surface area contributed by atoms with Crippen LogP contribution in [0.2, 0.25) is 0 Å². The van der Waals surface area contributed by atoms with Crippen molar-refractivity contribution in [1.29, 1.82) is 0 Å². The number of aromatic nitrogens is 2. The number of hydrogen-bond acceptors (Lipinski definition) is 5. The van der Waals surface area contributed by atoms with Gasteiger partial charge in [0.25, 0.3) is 0 Å². The smallest absolute Gasteiger partial charge is 0.191 e. The van der Waals surface area contributed by atoms with Crippen LogP contribution in [0.25, 0.3) is 0 Å². The number of guanidine groups is 1. The van der Waals surface area contributed by atoms with Crippen LogP contribution < -0.4 is 10.6 Å². The normalized spacial score (nSPS) is 12.0. The first-order chi connectivity index (χ1) is 11.5. The standard InChI is InChI=1S/C17H27N5O2/c1-11(2)16-9-14(24-22-16)10-20-17(18-5)19-8-6-7-15-12(3)21-23-13(15)4/h9,11H,6-8,10H2,1-5H3,(H2,18,19,20). The lowest BCUT2D eigenvalue weighted by Crippen LogP contribution is -2.37. The van der Waals surface area contributed by atoms with E-state index in [0.717, 1.165) is 48.3 Å². The van der Waals surface area contributed by atoms with E-state index in [9.17, 15) is 0 Å². The highest BCUT2D eigenvalue weighted by Gasteiger charge is 2.09. The zero-order valence-electron chi connectivity index (χ0n) is 15.1. The van der Waals surface area contributed by atoms with Crippen molar-refractivity contribution in [2.75, 3.05) is 13.6 Å². The van der Waals surface area contributed by atoms with Crippen molar-refractivity contribution in [3.63, 3.8) is 0 Å². The number of aliphatic imine (C=N–C) groups is 1. The Balaban J connectivity index is 1.72. The molecule has 2 aromatic heterocycles. The van der Waals surface area contributed by atoms with Gasteiger partial charge in [-0.3, -0.25) is 4.99 Å². The van der Waals surface area contributed by atoms with Crippen molar-refractivity contribution < 1.29 is 9.05 Å². The Morgan fingerprint density at radius 1 is 1.21 bits per heavy atom. The van der Waals surface area contributed by atoms with E-state index in [1.54, 1.807) is 7.05 Å². The predicted octanol–water partition coefficient (Wildman–Crippen LogP) is 2.70. The Morgan fingerprint density at radius 2 is 2.00 bits per heavy atom. The van der Waals surface area contributed by atoms with Crippen molar-refractivity contribution in [1.82, 2.24) is 20.9 Å². The summed E-state index contributed by atoms with van der Waals surface area (Å²) in [7, 11) is 1.75. The number of rotatable bonds is 7. The van der Waals surface area contributed by atoms with Crippen molar-refractivity contribution in [3.8, 4) is 0 Å². The molecule has 0 spiro atoms. The monoisotopic (exact) mass is 333 g/mol. The molecular formula is C17H27N5O2. The molecule has 0 radical (unpaired) electrons. The average Bonchev–Trinajstić information content (AvgIpc) is 3.15. The second-order valence-corrected chi connectivity index (χ2v) is 6.13. The maximum atomic E-state index is 5.31.